The first-order valence-corrected chi connectivity index (χ1v) is 8.36. The van der Waals surface area contributed by atoms with Gasteiger partial charge in [0.1, 0.15) is 0 Å². The van der Waals surface area contributed by atoms with E-state index in [1.807, 2.05) is 0 Å². The molecule has 1 aromatic heterocycles. The first kappa shape index (κ1) is 18.6. The summed E-state index contributed by atoms with van der Waals surface area (Å²) in [7, 11) is 0. The third kappa shape index (κ3) is 3.39. The molecule has 1 saturated carbocycles. The van der Waals surface area contributed by atoms with Crippen LogP contribution < -0.4 is 5.32 Å². The molecule has 1 aromatic carbocycles. The third-order valence-corrected chi connectivity index (χ3v) is 5.38. The van der Waals surface area contributed by atoms with E-state index in [4.69, 9.17) is 0 Å². The summed E-state index contributed by atoms with van der Waals surface area (Å²) in [5, 5.41) is 4.93. The highest BCUT2D eigenvalue weighted by molar-refractivity contribution is 5.86. The van der Waals surface area contributed by atoms with Gasteiger partial charge in [-0.1, -0.05) is 24.6 Å². The minimum Gasteiger partial charge on any atom is -0.358 e. The molecule has 0 bridgehead atoms. The van der Waals surface area contributed by atoms with Crippen molar-refractivity contribution in [3.8, 4) is 0 Å². The molecule has 0 unspecified atom stereocenters. The Bertz CT molecular complexity index is 630. The third-order valence-electron chi connectivity index (χ3n) is 5.38. The predicted octanol–water partition coefficient (Wildman–Crippen LogP) is 4.07. The largest absolute Gasteiger partial charge is 0.358 e. The number of aryl methyl sites for hydroxylation is 1. The van der Waals surface area contributed by atoms with Crippen molar-refractivity contribution in [1.29, 1.82) is 0 Å². The van der Waals surface area contributed by atoms with Gasteiger partial charge in [0.25, 0.3) is 0 Å². The van der Waals surface area contributed by atoms with Gasteiger partial charge < -0.3 is 10.3 Å². The lowest BCUT2D eigenvalue weighted by Crippen LogP contribution is -2.48. The molecule has 4 rings (SSSR count). The fourth-order valence-corrected chi connectivity index (χ4v) is 4.11. The Morgan fingerprint density at radius 3 is 2.43 bits per heavy atom. The van der Waals surface area contributed by atoms with Crippen molar-refractivity contribution in [1.82, 2.24) is 15.2 Å². The van der Waals surface area contributed by atoms with Crippen LogP contribution in [0.3, 0.4) is 0 Å². The number of benzene rings is 1. The van der Waals surface area contributed by atoms with E-state index in [0.29, 0.717) is 6.04 Å². The summed E-state index contributed by atoms with van der Waals surface area (Å²) in [6.07, 6.45) is 4.20. The molecule has 0 radical (unpaired) electrons. The number of aromatic amines is 1. The van der Waals surface area contributed by atoms with Crippen molar-refractivity contribution >= 4 is 35.7 Å². The van der Waals surface area contributed by atoms with Gasteiger partial charge in [0, 0.05) is 48.8 Å². The molecule has 3 nitrogen and oxygen atoms in total. The number of halogens is 2. The average molecular weight is 356 g/mol. The lowest BCUT2D eigenvalue weighted by atomic mass is 9.75. The number of rotatable bonds is 3. The monoisotopic (exact) mass is 355 g/mol. The van der Waals surface area contributed by atoms with E-state index < -0.39 is 0 Å². The molecule has 2 aliphatic rings. The lowest BCUT2D eigenvalue weighted by molar-refractivity contribution is 0.0842. The minimum atomic E-state index is 0. The molecule has 1 aliphatic heterocycles. The molecule has 2 aromatic rings. The molecule has 1 aliphatic carbocycles. The van der Waals surface area contributed by atoms with E-state index in [9.17, 15) is 0 Å². The van der Waals surface area contributed by atoms with E-state index >= 15 is 0 Å². The van der Waals surface area contributed by atoms with Crippen molar-refractivity contribution in [2.24, 2.45) is 5.92 Å². The highest BCUT2D eigenvalue weighted by Gasteiger charge is 2.35. The highest BCUT2D eigenvalue weighted by Crippen LogP contribution is 2.44. The summed E-state index contributed by atoms with van der Waals surface area (Å²) < 4.78 is 0. The zero-order chi connectivity index (χ0) is 14.2. The van der Waals surface area contributed by atoms with Crippen LogP contribution in [0.15, 0.2) is 24.3 Å². The quantitative estimate of drug-likeness (QED) is 0.869. The summed E-state index contributed by atoms with van der Waals surface area (Å²) in [6, 6.07) is 9.42. The number of hydrogen-bond acceptors (Lipinski definition) is 2. The van der Waals surface area contributed by atoms with Crippen LogP contribution >= 0.6 is 24.8 Å². The molecule has 0 amide bonds. The number of hydrogen-bond donors (Lipinski definition) is 2. The second kappa shape index (κ2) is 7.89. The van der Waals surface area contributed by atoms with E-state index in [1.165, 1.54) is 48.9 Å². The van der Waals surface area contributed by atoms with Gasteiger partial charge in [-0.25, -0.2) is 0 Å². The zero-order valence-electron chi connectivity index (χ0n) is 13.7. The maximum absolute atomic E-state index is 3.61. The highest BCUT2D eigenvalue weighted by atomic mass is 35.5. The van der Waals surface area contributed by atoms with Crippen molar-refractivity contribution < 1.29 is 0 Å². The molecular formula is C18H27Cl2N3. The van der Waals surface area contributed by atoms with Gasteiger partial charge in [0.15, 0.2) is 0 Å². The lowest BCUT2D eigenvalue weighted by Gasteiger charge is -2.43. The molecule has 23 heavy (non-hydrogen) atoms. The first-order valence-electron chi connectivity index (χ1n) is 8.36. The molecule has 0 spiro atoms. The summed E-state index contributed by atoms with van der Waals surface area (Å²) in [5.41, 5.74) is 4.23. The van der Waals surface area contributed by atoms with Crippen molar-refractivity contribution in [3.05, 3.63) is 35.5 Å². The van der Waals surface area contributed by atoms with Crippen molar-refractivity contribution in [2.75, 3.05) is 26.2 Å². The second-order valence-electron chi connectivity index (χ2n) is 6.63. The summed E-state index contributed by atoms with van der Waals surface area (Å²) in [4.78, 5) is 6.33. The predicted molar refractivity (Wildman–Crippen MR) is 102 cm³/mol. The van der Waals surface area contributed by atoms with Gasteiger partial charge in [-0.2, -0.15) is 0 Å². The van der Waals surface area contributed by atoms with Gasteiger partial charge in [0.2, 0.25) is 0 Å². The Balaban J connectivity index is 0.000000960. The molecule has 128 valence electrons. The summed E-state index contributed by atoms with van der Waals surface area (Å²) >= 11 is 0. The molecule has 1 saturated heterocycles. The number of H-pyrrole nitrogens is 1. The van der Waals surface area contributed by atoms with Gasteiger partial charge in [0.05, 0.1) is 0 Å². The smallest absolute Gasteiger partial charge is 0.0459 e. The Kier molecular flexibility index (Phi) is 6.38. The standard InChI is InChI=1S/C18H25N3.2ClH/c1-13-17(15-7-2-3-8-16(15)20-13)18(14-5-4-6-14)21-11-9-19-10-12-21;;/h2-3,7-8,14,18-20H,4-6,9-12H2,1H3;2*1H/t18-;;/m0../s1. The fourth-order valence-electron chi connectivity index (χ4n) is 4.11. The number of fused-ring (bicyclic) bond motifs is 1. The van der Waals surface area contributed by atoms with Crippen LogP contribution in [0.25, 0.3) is 10.9 Å². The topological polar surface area (TPSA) is 31.1 Å². The molecule has 5 heteroatoms. The van der Waals surface area contributed by atoms with E-state index in [2.05, 4.69) is 46.4 Å². The number of nitrogens with one attached hydrogen (secondary N) is 2. The average Bonchev–Trinajstić information content (AvgIpc) is 2.79. The first-order chi connectivity index (χ1) is 10.3. The van der Waals surface area contributed by atoms with E-state index in [-0.39, 0.29) is 24.8 Å². The van der Waals surface area contributed by atoms with Crippen molar-refractivity contribution in [2.45, 2.75) is 32.2 Å². The van der Waals surface area contributed by atoms with Crippen LogP contribution in [0.4, 0.5) is 0 Å². The van der Waals surface area contributed by atoms with Crippen molar-refractivity contribution in [3.63, 3.8) is 0 Å². The van der Waals surface area contributed by atoms with Crippen LogP contribution in [0.2, 0.25) is 0 Å². The van der Waals surface area contributed by atoms with Crippen LogP contribution in [0.1, 0.15) is 36.6 Å². The Morgan fingerprint density at radius 2 is 1.78 bits per heavy atom. The normalized spacial score (nSPS) is 20.4. The number of aromatic nitrogens is 1. The van der Waals surface area contributed by atoms with Crippen LogP contribution in [-0.2, 0) is 0 Å². The van der Waals surface area contributed by atoms with Crippen LogP contribution in [0, 0.1) is 12.8 Å². The zero-order valence-corrected chi connectivity index (χ0v) is 15.3. The molecule has 2 fully saturated rings. The van der Waals surface area contributed by atoms with Crippen LogP contribution in [-0.4, -0.2) is 36.1 Å². The molecule has 1 atom stereocenters. The molecule has 2 N–H and O–H groups in total. The SMILES string of the molecule is Cc1[nH]c2ccccc2c1[C@H](C1CCC1)N1CCNCC1.Cl.Cl. The second-order valence-corrected chi connectivity index (χ2v) is 6.63. The van der Waals surface area contributed by atoms with Gasteiger partial charge >= 0.3 is 0 Å². The van der Waals surface area contributed by atoms with Gasteiger partial charge in [-0.3, -0.25) is 4.90 Å². The maximum Gasteiger partial charge on any atom is 0.0459 e. The maximum atomic E-state index is 3.61. The molecular weight excluding hydrogens is 329 g/mol. The van der Waals surface area contributed by atoms with E-state index in [0.717, 1.165) is 19.0 Å². The molecule has 2 heterocycles. The number of para-hydroxylation sites is 1. The van der Waals surface area contributed by atoms with Crippen LogP contribution in [0.5, 0.6) is 0 Å². The fraction of sp³-hybridized carbons (Fsp3) is 0.556. The van der Waals surface area contributed by atoms with Gasteiger partial charge in [-0.15, -0.1) is 24.8 Å². The number of piperazine rings is 1. The van der Waals surface area contributed by atoms with Gasteiger partial charge in [-0.05, 0) is 37.3 Å². The number of nitrogens with zero attached hydrogens (tertiary/aromatic N) is 1. The minimum absolute atomic E-state index is 0. The summed E-state index contributed by atoms with van der Waals surface area (Å²) in [5.74, 6) is 0.848. The Morgan fingerprint density at radius 1 is 1.09 bits per heavy atom. The van der Waals surface area contributed by atoms with E-state index in [1.54, 1.807) is 5.56 Å². The Labute approximate surface area is 151 Å². The summed E-state index contributed by atoms with van der Waals surface area (Å²) in [6.45, 7) is 6.87. The Hall–Kier alpha value is -0.740.